The molecule has 0 radical (unpaired) electrons. The quantitative estimate of drug-likeness (QED) is 0.795. The second kappa shape index (κ2) is 5.17. The van der Waals surface area contributed by atoms with Gasteiger partial charge in [0, 0.05) is 17.5 Å². The molecular formula is C12H11Cl2NS. The molecule has 0 N–H and O–H groups in total. The first kappa shape index (κ1) is 11.9. The summed E-state index contributed by atoms with van der Waals surface area (Å²) >= 11 is 13.6. The van der Waals surface area contributed by atoms with Crippen LogP contribution in [-0.2, 0) is 12.8 Å². The minimum atomic E-state index is 0.596. The SMILES string of the molecule is CCc1cnc(Cc2ccc(Cl)c(Cl)c2)s1. The molecule has 84 valence electrons. The van der Waals surface area contributed by atoms with Crippen LogP contribution in [0.15, 0.2) is 24.4 Å². The summed E-state index contributed by atoms with van der Waals surface area (Å²) in [5, 5.41) is 2.32. The third-order valence-electron chi connectivity index (χ3n) is 2.29. The Bertz CT molecular complexity index is 494. The van der Waals surface area contributed by atoms with E-state index < -0.39 is 0 Å². The fourth-order valence-electron chi connectivity index (χ4n) is 1.42. The zero-order valence-corrected chi connectivity index (χ0v) is 11.2. The van der Waals surface area contributed by atoms with Crippen LogP contribution in [0.25, 0.3) is 0 Å². The van der Waals surface area contributed by atoms with Gasteiger partial charge in [0.15, 0.2) is 0 Å². The average Bonchev–Trinajstić information content (AvgIpc) is 2.71. The summed E-state index contributed by atoms with van der Waals surface area (Å²) in [6, 6.07) is 5.71. The van der Waals surface area contributed by atoms with Gasteiger partial charge in [-0.3, -0.25) is 0 Å². The van der Waals surface area contributed by atoms with Crippen LogP contribution >= 0.6 is 34.5 Å². The van der Waals surface area contributed by atoms with Gasteiger partial charge in [-0.25, -0.2) is 4.98 Å². The molecule has 16 heavy (non-hydrogen) atoms. The Labute approximate surface area is 109 Å². The Hall–Kier alpha value is -0.570. The number of aromatic nitrogens is 1. The zero-order chi connectivity index (χ0) is 11.5. The van der Waals surface area contributed by atoms with Gasteiger partial charge in [0.05, 0.1) is 15.1 Å². The highest BCUT2D eigenvalue weighted by atomic mass is 35.5. The van der Waals surface area contributed by atoms with Crippen molar-refractivity contribution >= 4 is 34.5 Å². The molecule has 2 rings (SSSR count). The standard InChI is InChI=1S/C12H11Cl2NS/c1-2-9-7-15-12(16-9)6-8-3-4-10(13)11(14)5-8/h3-5,7H,2,6H2,1H3. The smallest absolute Gasteiger partial charge is 0.0971 e. The molecule has 0 bridgehead atoms. The molecule has 0 aliphatic heterocycles. The molecule has 1 nitrogen and oxygen atoms in total. The van der Waals surface area contributed by atoms with Gasteiger partial charge in [-0.05, 0) is 24.1 Å². The summed E-state index contributed by atoms with van der Waals surface area (Å²) in [6.07, 6.45) is 3.80. The van der Waals surface area contributed by atoms with Gasteiger partial charge in [0.1, 0.15) is 0 Å². The van der Waals surface area contributed by atoms with Crippen molar-refractivity contribution in [1.29, 1.82) is 0 Å². The predicted octanol–water partition coefficient (Wildman–Crippen LogP) is 4.60. The second-order valence-electron chi connectivity index (χ2n) is 3.50. The molecule has 0 amide bonds. The van der Waals surface area contributed by atoms with Crippen LogP contribution in [0, 0.1) is 0 Å². The number of hydrogen-bond acceptors (Lipinski definition) is 2. The highest BCUT2D eigenvalue weighted by Crippen LogP contribution is 2.24. The number of thiazole rings is 1. The molecule has 1 aromatic carbocycles. The summed E-state index contributed by atoms with van der Waals surface area (Å²) in [6.45, 7) is 2.14. The fraction of sp³-hybridized carbons (Fsp3) is 0.250. The van der Waals surface area contributed by atoms with E-state index in [0.717, 1.165) is 23.4 Å². The van der Waals surface area contributed by atoms with Gasteiger partial charge in [-0.2, -0.15) is 0 Å². The maximum atomic E-state index is 5.96. The Morgan fingerprint density at radius 3 is 2.69 bits per heavy atom. The Kier molecular flexibility index (Phi) is 3.85. The normalized spacial score (nSPS) is 10.7. The third-order valence-corrected chi connectivity index (χ3v) is 4.17. The maximum absolute atomic E-state index is 5.96. The predicted molar refractivity (Wildman–Crippen MR) is 70.8 cm³/mol. The van der Waals surface area contributed by atoms with E-state index in [1.165, 1.54) is 4.88 Å². The topological polar surface area (TPSA) is 12.9 Å². The van der Waals surface area contributed by atoms with Crippen molar-refractivity contribution in [2.45, 2.75) is 19.8 Å². The van der Waals surface area contributed by atoms with E-state index in [4.69, 9.17) is 23.2 Å². The monoisotopic (exact) mass is 271 g/mol. The molecule has 0 aliphatic carbocycles. The lowest BCUT2D eigenvalue weighted by Gasteiger charge is -2.00. The lowest BCUT2D eigenvalue weighted by Crippen LogP contribution is -1.86. The van der Waals surface area contributed by atoms with E-state index in [-0.39, 0.29) is 0 Å². The highest BCUT2D eigenvalue weighted by Gasteiger charge is 2.04. The van der Waals surface area contributed by atoms with Gasteiger partial charge >= 0.3 is 0 Å². The van der Waals surface area contributed by atoms with Crippen molar-refractivity contribution in [2.24, 2.45) is 0 Å². The van der Waals surface area contributed by atoms with Crippen molar-refractivity contribution in [3.8, 4) is 0 Å². The second-order valence-corrected chi connectivity index (χ2v) is 5.51. The van der Waals surface area contributed by atoms with E-state index in [0.29, 0.717) is 10.0 Å². The maximum Gasteiger partial charge on any atom is 0.0971 e. The van der Waals surface area contributed by atoms with Gasteiger partial charge < -0.3 is 0 Å². The Morgan fingerprint density at radius 2 is 2.06 bits per heavy atom. The molecule has 0 saturated carbocycles. The van der Waals surface area contributed by atoms with Crippen LogP contribution in [0.4, 0.5) is 0 Å². The van der Waals surface area contributed by atoms with Crippen LogP contribution in [0.1, 0.15) is 22.4 Å². The number of halogens is 2. The van der Waals surface area contributed by atoms with Crippen LogP contribution in [-0.4, -0.2) is 4.98 Å². The fourth-order valence-corrected chi connectivity index (χ4v) is 2.63. The Balaban J connectivity index is 2.17. The summed E-state index contributed by atoms with van der Waals surface area (Å²) in [7, 11) is 0. The molecule has 0 saturated heterocycles. The first-order valence-corrected chi connectivity index (χ1v) is 6.63. The van der Waals surface area contributed by atoms with E-state index in [2.05, 4.69) is 11.9 Å². The van der Waals surface area contributed by atoms with E-state index in [1.54, 1.807) is 11.3 Å². The van der Waals surface area contributed by atoms with Gasteiger partial charge in [-0.15, -0.1) is 11.3 Å². The minimum absolute atomic E-state index is 0.596. The summed E-state index contributed by atoms with van der Waals surface area (Å²) in [5.41, 5.74) is 1.14. The first-order valence-electron chi connectivity index (χ1n) is 5.06. The van der Waals surface area contributed by atoms with Crippen molar-refractivity contribution in [1.82, 2.24) is 4.98 Å². The zero-order valence-electron chi connectivity index (χ0n) is 8.84. The van der Waals surface area contributed by atoms with E-state index in [1.807, 2.05) is 24.4 Å². The van der Waals surface area contributed by atoms with Crippen molar-refractivity contribution in [2.75, 3.05) is 0 Å². The molecular weight excluding hydrogens is 261 g/mol. The lowest BCUT2D eigenvalue weighted by atomic mass is 10.2. The van der Waals surface area contributed by atoms with Crippen LogP contribution < -0.4 is 0 Å². The van der Waals surface area contributed by atoms with Crippen molar-refractivity contribution in [3.05, 3.63) is 49.9 Å². The van der Waals surface area contributed by atoms with Gasteiger partial charge in [-0.1, -0.05) is 36.2 Å². The van der Waals surface area contributed by atoms with E-state index in [9.17, 15) is 0 Å². The summed E-state index contributed by atoms with van der Waals surface area (Å²) < 4.78 is 0. The molecule has 2 aromatic rings. The number of aryl methyl sites for hydroxylation is 1. The Morgan fingerprint density at radius 1 is 1.25 bits per heavy atom. The summed E-state index contributed by atoms with van der Waals surface area (Å²) in [4.78, 5) is 5.69. The third kappa shape index (κ3) is 2.76. The first-order chi connectivity index (χ1) is 7.69. The molecule has 0 fully saturated rings. The molecule has 4 heteroatoms. The molecule has 0 aliphatic rings. The molecule has 0 unspecified atom stereocenters. The van der Waals surface area contributed by atoms with Gasteiger partial charge in [0.25, 0.3) is 0 Å². The lowest BCUT2D eigenvalue weighted by molar-refractivity contribution is 1.12. The molecule has 1 aromatic heterocycles. The summed E-state index contributed by atoms with van der Waals surface area (Å²) in [5.74, 6) is 0. The van der Waals surface area contributed by atoms with E-state index >= 15 is 0 Å². The highest BCUT2D eigenvalue weighted by molar-refractivity contribution is 7.11. The average molecular weight is 272 g/mol. The largest absolute Gasteiger partial charge is 0.249 e. The number of rotatable bonds is 3. The van der Waals surface area contributed by atoms with Crippen LogP contribution in [0.5, 0.6) is 0 Å². The molecule has 1 heterocycles. The number of hydrogen-bond donors (Lipinski definition) is 0. The van der Waals surface area contributed by atoms with Crippen molar-refractivity contribution < 1.29 is 0 Å². The van der Waals surface area contributed by atoms with Crippen LogP contribution in [0.2, 0.25) is 10.0 Å². The molecule has 0 spiro atoms. The van der Waals surface area contributed by atoms with Crippen LogP contribution in [0.3, 0.4) is 0 Å². The number of benzene rings is 1. The van der Waals surface area contributed by atoms with Gasteiger partial charge in [0.2, 0.25) is 0 Å². The number of nitrogens with zero attached hydrogens (tertiary/aromatic N) is 1. The molecule has 0 atom stereocenters. The van der Waals surface area contributed by atoms with Crippen molar-refractivity contribution in [3.63, 3.8) is 0 Å². The minimum Gasteiger partial charge on any atom is -0.249 e.